The van der Waals surface area contributed by atoms with Gasteiger partial charge in [0.1, 0.15) is 5.75 Å². The Morgan fingerprint density at radius 1 is 1.10 bits per heavy atom. The van der Waals surface area contributed by atoms with E-state index in [1.807, 2.05) is 19.2 Å². The van der Waals surface area contributed by atoms with E-state index in [1.54, 1.807) is 0 Å². The Kier molecular flexibility index (Phi) is 3.92. The maximum absolute atomic E-state index is 6.30. The van der Waals surface area contributed by atoms with E-state index in [0.717, 1.165) is 29.4 Å². The van der Waals surface area contributed by atoms with Crippen LogP contribution in [0.3, 0.4) is 0 Å². The van der Waals surface area contributed by atoms with Gasteiger partial charge in [0.2, 0.25) is 0 Å². The highest BCUT2D eigenvalue weighted by atomic mass is 35.5. The Hall–Kier alpha value is -1.51. The quantitative estimate of drug-likeness (QED) is 0.917. The molecule has 21 heavy (non-hydrogen) atoms. The van der Waals surface area contributed by atoms with Crippen LogP contribution in [0, 0.1) is 13.8 Å². The predicted octanol–water partition coefficient (Wildman–Crippen LogP) is 4.20. The number of aryl methyl sites for hydroxylation is 2. The van der Waals surface area contributed by atoms with Crippen molar-refractivity contribution < 1.29 is 4.74 Å². The lowest BCUT2D eigenvalue weighted by atomic mass is 9.93. The molecule has 1 aliphatic heterocycles. The Morgan fingerprint density at radius 3 is 2.48 bits per heavy atom. The van der Waals surface area contributed by atoms with Gasteiger partial charge in [-0.15, -0.1) is 0 Å². The monoisotopic (exact) mass is 301 g/mol. The highest BCUT2D eigenvalue weighted by Crippen LogP contribution is 2.38. The van der Waals surface area contributed by atoms with Crippen LogP contribution in [-0.2, 0) is 6.42 Å². The van der Waals surface area contributed by atoms with E-state index in [4.69, 9.17) is 16.3 Å². The molecule has 0 spiro atoms. The lowest BCUT2D eigenvalue weighted by molar-refractivity contribution is 0.351. The zero-order valence-electron chi connectivity index (χ0n) is 12.7. The van der Waals surface area contributed by atoms with Crippen molar-refractivity contribution in [2.45, 2.75) is 26.3 Å². The number of benzene rings is 2. The molecule has 1 unspecified atom stereocenters. The topological polar surface area (TPSA) is 21.3 Å². The van der Waals surface area contributed by atoms with Gasteiger partial charge in [0.05, 0.1) is 12.6 Å². The Morgan fingerprint density at radius 2 is 1.81 bits per heavy atom. The molecule has 110 valence electrons. The van der Waals surface area contributed by atoms with E-state index < -0.39 is 0 Å². The minimum absolute atomic E-state index is 0.0918. The third kappa shape index (κ3) is 2.78. The van der Waals surface area contributed by atoms with Crippen LogP contribution in [0.1, 0.15) is 33.9 Å². The molecule has 2 aromatic carbocycles. The SMILES string of the molecule is CNC(c1cc(C)cc(C)c1)c1cc(Cl)cc2c1OCC2. The number of hydrogen-bond acceptors (Lipinski definition) is 2. The summed E-state index contributed by atoms with van der Waals surface area (Å²) in [6, 6.07) is 10.8. The molecule has 1 heterocycles. The Labute approximate surface area is 131 Å². The zero-order chi connectivity index (χ0) is 15.0. The zero-order valence-corrected chi connectivity index (χ0v) is 13.4. The molecule has 1 aliphatic rings. The molecule has 0 saturated carbocycles. The van der Waals surface area contributed by atoms with Gasteiger partial charge < -0.3 is 10.1 Å². The second-order valence-corrected chi connectivity index (χ2v) is 6.16. The van der Waals surface area contributed by atoms with Crippen molar-refractivity contribution in [1.82, 2.24) is 5.32 Å². The second kappa shape index (κ2) is 5.70. The van der Waals surface area contributed by atoms with Crippen molar-refractivity contribution in [3.8, 4) is 5.75 Å². The predicted molar refractivity (Wildman–Crippen MR) is 87.5 cm³/mol. The normalized spacial score (nSPS) is 14.7. The van der Waals surface area contributed by atoms with Crippen molar-refractivity contribution in [1.29, 1.82) is 0 Å². The fourth-order valence-corrected chi connectivity index (χ4v) is 3.44. The molecule has 0 bridgehead atoms. The highest BCUT2D eigenvalue weighted by molar-refractivity contribution is 6.30. The van der Waals surface area contributed by atoms with E-state index in [2.05, 4.69) is 37.4 Å². The third-order valence-electron chi connectivity index (χ3n) is 3.95. The van der Waals surface area contributed by atoms with Gasteiger partial charge in [-0.05, 0) is 44.2 Å². The van der Waals surface area contributed by atoms with Crippen molar-refractivity contribution in [3.63, 3.8) is 0 Å². The summed E-state index contributed by atoms with van der Waals surface area (Å²) in [5, 5.41) is 4.18. The Bertz CT molecular complexity index is 661. The van der Waals surface area contributed by atoms with Crippen LogP contribution >= 0.6 is 11.6 Å². The van der Waals surface area contributed by atoms with Crippen LogP contribution in [0.15, 0.2) is 30.3 Å². The standard InChI is InChI=1S/C18H20ClNO/c1-11-6-12(2)8-14(7-11)17(20-3)16-10-15(19)9-13-4-5-21-18(13)16/h6-10,17,20H,4-5H2,1-3H3. The van der Waals surface area contributed by atoms with Gasteiger partial charge >= 0.3 is 0 Å². The number of nitrogens with one attached hydrogen (secondary N) is 1. The van der Waals surface area contributed by atoms with Crippen LogP contribution in [0.25, 0.3) is 0 Å². The molecule has 2 nitrogen and oxygen atoms in total. The van der Waals surface area contributed by atoms with Gasteiger partial charge in [-0.25, -0.2) is 0 Å². The second-order valence-electron chi connectivity index (χ2n) is 5.72. The highest BCUT2D eigenvalue weighted by Gasteiger charge is 2.24. The van der Waals surface area contributed by atoms with Gasteiger partial charge in [-0.1, -0.05) is 40.9 Å². The minimum Gasteiger partial charge on any atom is -0.493 e. The number of hydrogen-bond donors (Lipinski definition) is 1. The van der Waals surface area contributed by atoms with Crippen LogP contribution in [0.5, 0.6) is 5.75 Å². The van der Waals surface area contributed by atoms with Crippen molar-refractivity contribution in [2.75, 3.05) is 13.7 Å². The molecule has 1 N–H and O–H groups in total. The number of ether oxygens (including phenoxy) is 1. The molecular weight excluding hydrogens is 282 g/mol. The summed E-state index contributed by atoms with van der Waals surface area (Å²) in [5.41, 5.74) is 6.12. The molecule has 0 radical (unpaired) electrons. The minimum atomic E-state index is 0.0918. The first-order chi connectivity index (χ1) is 10.1. The first-order valence-electron chi connectivity index (χ1n) is 7.29. The molecule has 1 atom stereocenters. The van der Waals surface area contributed by atoms with Gasteiger partial charge in [0.15, 0.2) is 0 Å². The van der Waals surface area contributed by atoms with Crippen LogP contribution < -0.4 is 10.1 Å². The summed E-state index contributed by atoms with van der Waals surface area (Å²) in [5.74, 6) is 0.998. The van der Waals surface area contributed by atoms with Crippen molar-refractivity contribution >= 4 is 11.6 Å². The lowest BCUT2D eigenvalue weighted by Gasteiger charge is -2.21. The molecular formula is C18H20ClNO. The molecule has 0 fully saturated rings. The molecule has 0 saturated heterocycles. The summed E-state index contributed by atoms with van der Waals surface area (Å²) in [6.45, 7) is 5.00. The van der Waals surface area contributed by atoms with Gasteiger partial charge in [0, 0.05) is 17.0 Å². The molecule has 3 heteroatoms. The number of halogens is 1. The summed E-state index contributed by atoms with van der Waals surface area (Å²) >= 11 is 6.30. The Balaban J connectivity index is 2.12. The smallest absolute Gasteiger partial charge is 0.127 e. The van der Waals surface area contributed by atoms with E-state index in [0.29, 0.717) is 0 Å². The van der Waals surface area contributed by atoms with Crippen LogP contribution in [0.4, 0.5) is 0 Å². The van der Waals surface area contributed by atoms with Crippen molar-refractivity contribution in [2.24, 2.45) is 0 Å². The molecule has 2 aromatic rings. The largest absolute Gasteiger partial charge is 0.493 e. The van der Waals surface area contributed by atoms with Crippen LogP contribution in [0.2, 0.25) is 5.02 Å². The van der Waals surface area contributed by atoms with E-state index in [1.165, 1.54) is 22.3 Å². The van der Waals surface area contributed by atoms with Crippen LogP contribution in [-0.4, -0.2) is 13.7 Å². The average molecular weight is 302 g/mol. The summed E-state index contributed by atoms with van der Waals surface area (Å²) in [7, 11) is 1.98. The van der Waals surface area contributed by atoms with Gasteiger partial charge in [0.25, 0.3) is 0 Å². The van der Waals surface area contributed by atoms with E-state index in [-0.39, 0.29) is 6.04 Å². The number of fused-ring (bicyclic) bond motifs is 1. The third-order valence-corrected chi connectivity index (χ3v) is 4.17. The molecule has 0 aliphatic carbocycles. The fraction of sp³-hybridized carbons (Fsp3) is 0.333. The summed E-state index contributed by atoms with van der Waals surface area (Å²) in [4.78, 5) is 0. The number of rotatable bonds is 3. The maximum atomic E-state index is 6.30. The molecule has 0 aromatic heterocycles. The molecule has 3 rings (SSSR count). The first kappa shape index (κ1) is 14.4. The summed E-state index contributed by atoms with van der Waals surface area (Å²) < 4.78 is 5.85. The molecule has 0 amide bonds. The lowest BCUT2D eigenvalue weighted by Crippen LogP contribution is -2.18. The fourth-order valence-electron chi connectivity index (χ4n) is 3.19. The van der Waals surface area contributed by atoms with Gasteiger partial charge in [-0.2, -0.15) is 0 Å². The van der Waals surface area contributed by atoms with E-state index in [9.17, 15) is 0 Å². The first-order valence-corrected chi connectivity index (χ1v) is 7.67. The maximum Gasteiger partial charge on any atom is 0.127 e. The summed E-state index contributed by atoms with van der Waals surface area (Å²) in [6.07, 6.45) is 0.937. The van der Waals surface area contributed by atoms with E-state index >= 15 is 0 Å². The van der Waals surface area contributed by atoms with Crippen molar-refractivity contribution in [3.05, 3.63) is 63.2 Å². The average Bonchev–Trinajstić information content (AvgIpc) is 2.86. The van der Waals surface area contributed by atoms with Gasteiger partial charge in [-0.3, -0.25) is 0 Å².